The smallest absolute Gasteiger partial charge is 0.375 e. The van der Waals surface area contributed by atoms with E-state index in [2.05, 4.69) is 4.99 Å². The number of rotatable bonds is 3. The Balaban J connectivity index is 2.02. The average Bonchev–Trinajstić information content (AvgIpc) is 2.97. The van der Waals surface area contributed by atoms with E-state index in [1.165, 1.54) is 24.1 Å². The Kier molecular flexibility index (Phi) is 5.06. The Morgan fingerprint density at radius 2 is 2.12 bits per heavy atom. The van der Waals surface area contributed by atoms with Crippen molar-refractivity contribution in [1.29, 1.82) is 0 Å². The quantitative estimate of drug-likeness (QED) is 0.761. The second-order valence-corrected chi connectivity index (χ2v) is 9.30. The number of amidine groups is 1. The van der Waals surface area contributed by atoms with E-state index in [4.69, 9.17) is 4.74 Å². The highest BCUT2D eigenvalue weighted by molar-refractivity contribution is 8.16. The molecule has 2 aliphatic rings. The van der Waals surface area contributed by atoms with Crippen LogP contribution in [-0.4, -0.2) is 56.0 Å². The molecule has 0 bridgehead atoms. The van der Waals surface area contributed by atoms with Crippen molar-refractivity contribution in [2.75, 3.05) is 30.1 Å². The molecule has 0 saturated carbocycles. The highest BCUT2D eigenvalue weighted by Gasteiger charge is 2.49. The number of carbonyl (C=O) groups excluding carboxylic acids is 1. The summed E-state index contributed by atoms with van der Waals surface area (Å²) in [7, 11) is -1.97. The highest BCUT2D eigenvalue weighted by Crippen LogP contribution is 2.42. The predicted octanol–water partition coefficient (Wildman–Crippen LogP) is 1.95. The number of benzene rings is 1. The van der Waals surface area contributed by atoms with Crippen molar-refractivity contribution in [3.05, 3.63) is 29.8 Å². The zero-order chi connectivity index (χ0) is 19.1. The van der Waals surface area contributed by atoms with Crippen molar-refractivity contribution in [2.45, 2.75) is 17.5 Å². The van der Waals surface area contributed by atoms with Gasteiger partial charge in [-0.3, -0.25) is 4.79 Å². The molecule has 2 heterocycles. The van der Waals surface area contributed by atoms with Gasteiger partial charge in [0.15, 0.2) is 15.0 Å². The summed E-state index contributed by atoms with van der Waals surface area (Å²) in [5.41, 5.74) is -0.701. The second-order valence-electron chi connectivity index (χ2n) is 5.94. The maximum atomic E-state index is 13.0. The summed E-state index contributed by atoms with van der Waals surface area (Å²) in [6.45, 7) is -0.270. The van der Waals surface area contributed by atoms with Gasteiger partial charge in [-0.2, -0.15) is 18.2 Å². The van der Waals surface area contributed by atoms with Crippen molar-refractivity contribution in [3.8, 4) is 0 Å². The molecule has 0 aliphatic carbocycles. The molecular weight excluding hydrogens is 393 g/mol. The molecule has 0 N–H and O–H groups in total. The number of thioether (sulfide) groups is 1. The molecule has 1 aromatic rings. The molecule has 6 nitrogen and oxygen atoms in total. The van der Waals surface area contributed by atoms with E-state index in [0.29, 0.717) is 0 Å². The predicted molar refractivity (Wildman–Crippen MR) is 92.1 cm³/mol. The second kappa shape index (κ2) is 6.86. The topological polar surface area (TPSA) is 76.0 Å². The summed E-state index contributed by atoms with van der Waals surface area (Å²) in [4.78, 5) is 17.1. The number of anilines is 1. The Hall–Kier alpha value is -1.59. The summed E-state index contributed by atoms with van der Waals surface area (Å²) >= 11 is 1.09. The van der Waals surface area contributed by atoms with E-state index in [-0.39, 0.29) is 34.2 Å². The first-order valence-electron chi connectivity index (χ1n) is 7.55. The number of methoxy groups -OCH3 is 1. The fourth-order valence-corrected chi connectivity index (χ4v) is 6.89. The van der Waals surface area contributed by atoms with E-state index < -0.39 is 33.5 Å². The van der Waals surface area contributed by atoms with Crippen LogP contribution in [0, 0.1) is 0 Å². The maximum absolute atomic E-state index is 13.0. The lowest BCUT2D eigenvalue weighted by molar-refractivity contribution is -0.137. The van der Waals surface area contributed by atoms with Gasteiger partial charge >= 0.3 is 6.18 Å². The van der Waals surface area contributed by atoms with Crippen LogP contribution in [0.3, 0.4) is 0 Å². The normalized spacial score (nSPS) is 26.3. The first-order chi connectivity index (χ1) is 12.1. The molecule has 2 aliphatic heterocycles. The summed E-state index contributed by atoms with van der Waals surface area (Å²) < 4.78 is 67.7. The van der Waals surface area contributed by atoms with E-state index in [9.17, 15) is 26.4 Å². The summed E-state index contributed by atoms with van der Waals surface area (Å²) in [6, 6.07) is 3.99. The molecule has 2 saturated heterocycles. The zero-order valence-electron chi connectivity index (χ0n) is 13.6. The average molecular weight is 408 g/mol. The maximum Gasteiger partial charge on any atom is 0.416 e. The summed E-state index contributed by atoms with van der Waals surface area (Å²) in [5.74, 6) is -0.886. The molecule has 3 rings (SSSR count). The molecular formula is C15H15F3N2O4S2. The van der Waals surface area contributed by atoms with Crippen molar-refractivity contribution < 1.29 is 31.1 Å². The van der Waals surface area contributed by atoms with Crippen molar-refractivity contribution >= 4 is 38.4 Å². The van der Waals surface area contributed by atoms with Crippen molar-refractivity contribution in [3.63, 3.8) is 0 Å². The van der Waals surface area contributed by atoms with Crippen LogP contribution in [0.25, 0.3) is 0 Å². The van der Waals surface area contributed by atoms with Gasteiger partial charge in [-0.1, -0.05) is 17.8 Å². The molecule has 2 atom stereocenters. The molecule has 1 aromatic carbocycles. The van der Waals surface area contributed by atoms with Crippen molar-refractivity contribution in [2.24, 2.45) is 4.99 Å². The summed E-state index contributed by atoms with van der Waals surface area (Å²) in [5, 5.41) is -0.195. The van der Waals surface area contributed by atoms with Gasteiger partial charge in [0, 0.05) is 18.0 Å². The lowest BCUT2D eigenvalue weighted by Crippen LogP contribution is -2.38. The van der Waals surface area contributed by atoms with E-state index in [1.54, 1.807) is 0 Å². The van der Waals surface area contributed by atoms with Crippen LogP contribution >= 0.6 is 11.8 Å². The number of aliphatic imine (C=N–C) groups is 1. The molecule has 142 valence electrons. The van der Waals surface area contributed by atoms with Crippen LogP contribution in [0.15, 0.2) is 29.3 Å². The van der Waals surface area contributed by atoms with Gasteiger partial charge in [0.05, 0.1) is 23.1 Å². The Morgan fingerprint density at radius 3 is 2.77 bits per heavy atom. The molecule has 0 aromatic heterocycles. The number of hydrogen-bond donors (Lipinski definition) is 0. The van der Waals surface area contributed by atoms with Gasteiger partial charge in [-0.25, -0.2) is 8.42 Å². The molecule has 11 heteroatoms. The third kappa shape index (κ3) is 3.89. The molecule has 1 amide bonds. The minimum absolute atomic E-state index is 0.102. The molecule has 26 heavy (non-hydrogen) atoms. The van der Waals surface area contributed by atoms with E-state index in [0.717, 1.165) is 23.9 Å². The molecule has 0 unspecified atom stereocenters. The fraction of sp³-hybridized carbons (Fsp3) is 0.467. The van der Waals surface area contributed by atoms with Gasteiger partial charge in [0.1, 0.15) is 6.61 Å². The number of amides is 1. The fourth-order valence-electron chi connectivity index (χ4n) is 2.96. The van der Waals surface area contributed by atoms with Crippen LogP contribution < -0.4 is 4.90 Å². The first kappa shape index (κ1) is 19.2. The number of nitrogens with zero attached hydrogens (tertiary/aromatic N) is 2. The Labute approximate surface area is 152 Å². The first-order valence-corrected chi connectivity index (χ1v) is 10.2. The number of hydrogen-bond acceptors (Lipinski definition) is 5. The van der Waals surface area contributed by atoms with Gasteiger partial charge in [-0.15, -0.1) is 0 Å². The standard InChI is InChI=1S/C15H15F3N2O4S2/c1-24-6-13(21)19-14-20(11-7-26(22,23)8-12(11)25-14)10-4-2-3-9(5-10)15(16,17)18/h2-5,11-12H,6-8H2,1H3/t11-,12-/m1/s1. The minimum Gasteiger partial charge on any atom is -0.375 e. The van der Waals surface area contributed by atoms with Gasteiger partial charge in [0.2, 0.25) is 0 Å². The zero-order valence-corrected chi connectivity index (χ0v) is 15.2. The van der Waals surface area contributed by atoms with Gasteiger partial charge in [0.25, 0.3) is 5.91 Å². The minimum atomic E-state index is -4.53. The monoisotopic (exact) mass is 408 g/mol. The van der Waals surface area contributed by atoms with Crippen LogP contribution in [0.2, 0.25) is 0 Å². The number of ether oxygens (including phenoxy) is 1. The number of alkyl halides is 3. The van der Waals surface area contributed by atoms with Crippen molar-refractivity contribution in [1.82, 2.24) is 0 Å². The number of sulfone groups is 1. The number of halogens is 3. The largest absolute Gasteiger partial charge is 0.416 e. The molecule has 0 spiro atoms. The van der Waals surface area contributed by atoms with Crippen LogP contribution in [0.5, 0.6) is 0 Å². The third-order valence-corrected chi connectivity index (χ3v) is 7.22. The van der Waals surface area contributed by atoms with E-state index in [1.807, 2.05) is 0 Å². The van der Waals surface area contributed by atoms with Crippen LogP contribution in [-0.2, 0) is 25.5 Å². The third-order valence-electron chi connectivity index (χ3n) is 4.01. The number of carbonyl (C=O) groups is 1. The Morgan fingerprint density at radius 1 is 1.38 bits per heavy atom. The van der Waals surface area contributed by atoms with Crippen LogP contribution in [0.4, 0.5) is 18.9 Å². The lowest BCUT2D eigenvalue weighted by Gasteiger charge is -2.25. The van der Waals surface area contributed by atoms with E-state index >= 15 is 0 Å². The Bertz CT molecular complexity index is 855. The van der Waals surface area contributed by atoms with Crippen LogP contribution in [0.1, 0.15) is 5.56 Å². The lowest BCUT2D eigenvalue weighted by atomic mass is 10.1. The SMILES string of the molecule is COCC(=O)N=C1S[C@@H]2CS(=O)(=O)C[C@H]2N1c1cccc(C(F)(F)F)c1. The van der Waals surface area contributed by atoms with Gasteiger partial charge < -0.3 is 9.64 Å². The molecule has 2 fully saturated rings. The highest BCUT2D eigenvalue weighted by atomic mass is 32.2. The molecule has 0 radical (unpaired) electrons. The van der Waals surface area contributed by atoms with Gasteiger partial charge in [-0.05, 0) is 18.2 Å². The summed E-state index contributed by atoms with van der Waals surface area (Å²) in [6.07, 6.45) is -4.53. The number of fused-ring (bicyclic) bond motifs is 1.